The number of nitrogens with one attached hydrogen (secondary N) is 1. The van der Waals surface area contributed by atoms with Crippen LogP contribution in [0.5, 0.6) is 0 Å². The molecule has 22 heavy (non-hydrogen) atoms. The van der Waals surface area contributed by atoms with Crippen LogP contribution in [0.25, 0.3) is 0 Å². The molecule has 1 aliphatic rings. The molecule has 4 nitrogen and oxygen atoms in total. The Morgan fingerprint density at radius 2 is 2.14 bits per heavy atom. The lowest BCUT2D eigenvalue weighted by atomic mass is 10.0. The van der Waals surface area contributed by atoms with Crippen LogP contribution in [0.4, 0.5) is 4.79 Å². The average molecular weight is 323 g/mol. The molecule has 5 heteroatoms. The van der Waals surface area contributed by atoms with Gasteiger partial charge in [0.2, 0.25) is 0 Å². The maximum Gasteiger partial charge on any atom is 0.407 e. The zero-order valence-electron chi connectivity index (χ0n) is 13.5. The summed E-state index contributed by atoms with van der Waals surface area (Å²) in [6.07, 6.45) is 0.474. The molecule has 0 heterocycles. The molecule has 0 aliphatic heterocycles. The van der Waals surface area contributed by atoms with Crippen LogP contribution in [0.2, 0.25) is 0 Å². The van der Waals surface area contributed by atoms with E-state index in [9.17, 15) is 4.79 Å². The van der Waals surface area contributed by atoms with Crippen molar-refractivity contribution in [2.75, 3.05) is 18.1 Å². The van der Waals surface area contributed by atoms with Crippen LogP contribution in [0.3, 0.4) is 0 Å². The van der Waals surface area contributed by atoms with E-state index < -0.39 is 5.60 Å². The van der Waals surface area contributed by atoms with Crippen LogP contribution in [0.1, 0.15) is 37.8 Å². The number of benzene rings is 1. The summed E-state index contributed by atoms with van der Waals surface area (Å²) < 4.78 is 5.38. The van der Waals surface area contributed by atoms with E-state index in [4.69, 9.17) is 9.84 Å². The van der Waals surface area contributed by atoms with Crippen LogP contribution in [0, 0.1) is 0 Å². The first-order valence-corrected chi connectivity index (χ1v) is 8.82. The first-order valence-electron chi connectivity index (χ1n) is 7.66. The maximum absolute atomic E-state index is 12.1. The summed E-state index contributed by atoms with van der Waals surface area (Å²) >= 11 is 1.72. The third-order valence-electron chi connectivity index (χ3n) is 3.62. The van der Waals surface area contributed by atoms with Crippen molar-refractivity contribution in [1.29, 1.82) is 0 Å². The molecule has 1 aromatic carbocycles. The predicted octanol–water partition coefficient (Wildman–Crippen LogP) is 2.95. The lowest BCUT2D eigenvalue weighted by Crippen LogP contribution is -2.41. The van der Waals surface area contributed by atoms with Gasteiger partial charge in [0.05, 0.1) is 6.61 Å². The zero-order valence-corrected chi connectivity index (χ0v) is 14.3. The van der Waals surface area contributed by atoms with Gasteiger partial charge >= 0.3 is 6.09 Å². The highest BCUT2D eigenvalue weighted by molar-refractivity contribution is 7.99. The van der Waals surface area contributed by atoms with Gasteiger partial charge in [-0.25, -0.2) is 4.79 Å². The van der Waals surface area contributed by atoms with Gasteiger partial charge in [-0.05, 0) is 38.3 Å². The molecule has 2 N–H and O–H groups in total. The largest absolute Gasteiger partial charge is 0.444 e. The number of thioether (sulfide) groups is 1. The van der Waals surface area contributed by atoms with E-state index >= 15 is 0 Å². The fourth-order valence-electron chi connectivity index (χ4n) is 2.77. The van der Waals surface area contributed by atoms with E-state index in [2.05, 4.69) is 17.4 Å². The lowest BCUT2D eigenvalue weighted by molar-refractivity contribution is 0.0501. The van der Waals surface area contributed by atoms with Gasteiger partial charge < -0.3 is 15.2 Å². The van der Waals surface area contributed by atoms with E-state index in [1.54, 1.807) is 11.8 Å². The molecule has 1 amide bonds. The number of hydrogen-bond acceptors (Lipinski definition) is 4. The highest BCUT2D eigenvalue weighted by Crippen LogP contribution is 2.35. The van der Waals surface area contributed by atoms with Crippen molar-refractivity contribution in [3.8, 4) is 0 Å². The number of amides is 1. The summed E-state index contributed by atoms with van der Waals surface area (Å²) in [6.45, 7) is 5.78. The number of ether oxygens (including phenoxy) is 1. The van der Waals surface area contributed by atoms with Crippen LogP contribution in [-0.4, -0.2) is 41.0 Å². The number of fused-ring (bicyclic) bond motifs is 1. The van der Waals surface area contributed by atoms with Crippen molar-refractivity contribution in [3.63, 3.8) is 0 Å². The fraction of sp³-hybridized carbons (Fsp3) is 0.588. The maximum atomic E-state index is 12.1. The standard InChI is InChI=1S/C17H25NO3S/c1-17(2,3)21-16(20)18-15-10-12-6-4-5-7-13(12)14(15)11-22-9-8-19/h4-7,14-15,19H,8-11H2,1-3H3,(H,18,20)/t14-,15-/m1/s1. The van der Waals surface area contributed by atoms with E-state index in [1.807, 2.05) is 32.9 Å². The van der Waals surface area contributed by atoms with Crippen molar-refractivity contribution < 1.29 is 14.6 Å². The third kappa shape index (κ3) is 4.65. The second kappa shape index (κ2) is 7.38. The Hall–Kier alpha value is -1.20. The van der Waals surface area contributed by atoms with Crippen molar-refractivity contribution in [2.45, 2.75) is 44.8 Å². The van der Waals surface area contributed by atoms with Gasteiger partial charge in [0.15, 0.2) is 0 Å². The number of aliphatic hydroxyl groups excluding tert-OH is 1. The molecular formula is C17H25NO3S. The summed E-state index contributed by atoms with van der Waals surface area (Å²) in [6, 6.07) is 8.38. The first-order chi connectivity index (χ1) is 10.4. The molecule has 0 unspecified atom stereocenters. The molecule has 0 aromatic heterocycles. The summed E-state index contributed by atoms with van der Waals surface area (Å²) in [5, 5.41) is 12.0. The third-order valence-corrected chi connectivity index (χ3v) is 4.68. The number of alkyl carbamates (subject to hydrolysis) is 1. The fourth-order valence-corrected chi connectivity index (χ4v) is 3.73. The molecule has 1 aromatic rings. The monoisotopic (exact) mass is 323 g/mol. The minimum Gasteiger partial charge on any atom is -0.444 e. The molecule has 2 rings (SSSR count). The molecule has 0 radical (unpaired) electrons. The van der Waals surface area contributed by atoms with Gasteiger partial charge in [0.25, 0.3) is 0 Å². The van der Waals surface area contributed by atoms with Gasteiger partial charge in [-0.3, -0.25) is 0 Å². The highest BCUT2D eigenvalue weighted by Gasteiger charge is 2.34. The number of rotatable bonds is 5. The minimum atomic E-state index is -0.489. The van der Waals surface area contributed by atoms with Gasteiger partial charge in [-0.2, -0.15) is 11.8 Å². The quantitative estimate of drug-likeness (QED) is 0.818. The van der Waals surface area contributed by atoms with Crippen molar-refractivity contribution in [1.82, 2.24) is 5.32 Å². The normalized spacial score (nSPS) is 20.5. The molecule has 0 fully saturated rings. The Labute approximate surface area is 136 Å². The van der Waals surface area contributed by atoms with E-state index in [0.717, 1.165) is 17.9 Å². The van der Waals surface area contributed by atoms with Crippen LogP contribution >= 0.6 is 11.8 Å². The summed E-state index contributed by atoms with van der Waals surface area (Å²) in [5.41, 5.74) is 2.10. The molecule has 122 valence electrons. The highest BCUT2D eigenvalue weighted by atomic mass is 32.2. The second-order valence-corrected chi connectivity index (χ2v) is 7.71. The predicted molar refractivity (Wildman–Crippen MR) is 90.5 cm³/mol. The smallest absolute Gasteiger partial charge is 0.407 e. The van der Waals surface area contributed by atoms with Crippen LogP contribution < -0.4 is 5.32 Å². The van der Waals surface area contributed by atoms with Crippen molar-refractivity contribution in [3.05, 3.63) is 35.4 Å². The van der Waals surface area contributed by atoms with Crippen LogP contribution in [0.15, 0.2) is 24.3 Å². The van der Waals surface area contributed by atoms with Gasteiger partial charge in [0, 0.05) is 23.5 Å². The molecular weight excluding hydrogens is 298 g/mol. The van der Waals surface area contributed by atoms with Gasteiger partial charge in [0.1, 0.15) is 5.60 Å². The SMILES string of the molecule is CC(C)(C)OC(=O)N[C@@H]1Cc2ccccc2[C@H]1CSCCO. The van der Waals surface area contributed by atoms with E-state index in [1.165, 1.54) is 11.1 Å². The Balaban J connectivity index is 2.04. The molecule has 1 aliphatic carbocycles. The Bertz CT molecular complexity index is 513. The van der Waals surface area contributed by atoms with E-state index in [0.29, 0.717) is 0 Å². The summed E-state index contributed by atoms with van der Waals surface area (Å²) in [4.78, 5) is 12.1. The zero-order chi connectivity index (χ0) is 16.2. The Morgan fingerprint density at radius 1 is 1.41 bits per heavy atom. The number of hydrogen-bond donors (Lipinski definition) is 2. The summed E-state index contributed by atoms with van der Waals surface area (Å²) in [7, 11) is 0. The number of carbonyl (C=O) groups is 1. The summed E-state index contributed by atoms with van der Waals surface area (Å²) in [5.74, 6) is 1.87. The minimum absolute atomic E-state index is 0.0541. The van der Waals surface area contributed by atoms with Crippen LogP contribution in [-0.2, 0) is 11.2 Å². The number of aliphatic hydroxyl groups is 1. The van der Waals surface area contributed by atoms with Crippen molar-refractivity contribution >= 4 is 17.9 Å². The van der Waals surface area contributed by atoms with Gasteiger partial charge in [-0.15, -0.1) is 0 Å². The number of carbonyl (C=O) groups excluding carboxylic acids is 1. The molecule has 0 saturated heterocycles. The first kappa shape index (κ1) is 17.2. The lowest BCUT2D eigenvalue weighted by Gasteiger charge is -2.25. The Kier molecular flexibility index (Phi) is 5.75. The van der Waals surface area contributed by atoms with Gasteiger partial charge in [-0.1, -0.05) is 24.3 Å². The molecule has 0 bridgehead atoms. The second-order valence-electron chi connectivity index (χ2n) is 6.56. The van der Waals surface area contributed by atoms with E-state index in [-0.39, 0.29) is 24.7 Å². The molecule has 0 spiro atoms. The molecule has 0 saturated carbocycles. The average Bonchev–Trinajstić information content (AvgIpc) is 2.75. The topological polar surface area (TPSA) is 58.6 Å². The van der Waals surface area contributed by atoms with Crippen molar-refractivity contribution in [2.24, 2.45) is 0 Å². The molecule has 2 atom stereocenters. The Morgan fingerprint density at radius 3 is 2.82 bits per heavy atom.